The molecule has 3 nitrogen and oxygen atoms in total. The van der Waals surface area contributed by atoms with Gasteiger partial charge in [-0.25, -0.2) is 4.79 Å². The van der Waals surface area contributed by atoms with E-state index in [0.717, 1.165) is 22.0 Å². The number of benzene rings is 2. The zero-order valence-corrected chi connectivity index (χ0v) is 10.6. The SMILES string of the molecule is O=C(O)c1ccc2[nH]cc(-c3ccc(Cl)cc3)c2c1. The predicted octanol–water partition coefficient (Wildman–Crippen LogP) is 4.19. The number of nitrogens with one attached hydrogen (secondary N) is 1. The maximum atomic E-state index is 11.0. The van der Waals surface area contributed by atoms with Gasteiger partial charge in [-0.1, -0.05) is 23.7 Å². The normalized spacial score (nSPS) is 10.8. The van der Waals surface area contributed by atoms with Crippen molar-refractivity contribution in [3.05, 3.63) is 59.2 Å². The van der Waals surface area contributed by atoms with Crippen molar-refractivity contribution in [1.29, 1.82) is 0 Å². The fraction of sp³-hybridized carbons (Fsp3) is 0. The summed E-state index contributed by atoms with van der Waals surface area (Å²) in [6, 6.07) is 12.5. The van der Waals surface area contributed by atoms with E-state index in [2.05, 4.69) is 4.98 Å². The van der Waals surface area contributed by atoms with Crippen molar-refractivity contribution in [1.82, 2.24) is 4.98 Å². The highest BCUT2D eigenvalue weighted by atomic mass is 35.5. The molecule has 0 saturated heterocycles. The van der Waals surface area contributed by atoms with Crippen molar-refractivity contribution in [2.45, 2.75) is 0 Å². The van der Waals surface area contributed by atoms with Crippen LogP contribution >= 0.6 is 11.6 Å². The zero-order valence-electron chi connectivity index (χ0n) is 9.85. The topological polar surface area (TPSA) is 53.1 Å². The molecule has 4 heteroatoms. The molecule has 0 spiro atoms. The lowest BCUT2D eigenvalue weighted by Crippen LogP contribution is -1.94. The van der Waals surface area contributed by atoms with Gasteiger partial charge in [0, 0.05) is 27.7 Å². The highest BCUT2D eigenvalue weighted by molar-refractivity contribution is 6.30. The van der Waals surface area contributed by atoms with E-state index in [4.69, 9.17) is 16.7 Å². The molecule has 1 heterocycles. The smallest absolute Gasteiger partial charge is 0.335 e. The number of H-pyrrole nitrogens is 1. The van der Waals surface area contributed by atoms with E-state index in [1.807, 2.05) is 30.5 Å². The van der Waals surface area contributed by atoms with Gasteiger partial charge in [-0.3, -0.25) is 0 Å². The van der Waals surface area contributed by atoms with Gasteiger partial charge in [0.15, 0.2) is 0 Å². The van der Waals surface area contributed by atoms with E-state index in [-0.39, 0.29) is 5.56 Å². The third kappa shape index (κ3) is 2.09. The van der Waals surface area contributed by atoms with Crippen LogP contribution in [-0.2, 0) is 0 Å². The van der Waals surface area contributed by atoms with Crippen LogP contribution in [0.2, 0.25) is 5.02 Å². The van der Waals surface area contributed by atoms with Crippen LogP contribution in [0.1, 0.15) is 10.4 Å². The third-order valence-corrected chi connectivity index (χ3v) is 3.34. The van der Waals surface area contributed by atoms with Crippen LogP contribution in [0.5, 0.6) is 0 Å². The van der Waals surface area contributed by atoms with Gasteiger partial charge in [0.1, 0.15) is 0 Å². The van der Waals surface area contributed by atoms with Gasteiger partial charge in [0.25, 0.3) is 0 Å². The number of aromatic nitrogens is 1. The number of carbonyl (C=O) groups is 1. The zero-order chi connectivity index (χ0) is 13.4. The van der Waals surface area contributed by atoms with E-state index < -0.39 is 5.97 Å². The molecule has 0 bridgehead atoms. The van der Waals surface area contributed by atoms with Crippen molar-refractivity contribution in [3.8, 4) is 11.1 Å². The summed E-state index contributed by atoms with van der Waals surface area (Å²) in [6.45, 7) is 0. The molecule has 0 aliphatic carbocycles. The molecule has 0 amide bonds. The Hall–Kier alpha value is -2.26. The summed E-state index contributed by atoms with van der Waals surface area (Å²) in [6.07, 6.45) is 1.87. The summed E-state index contributed by atoms with van der Waals surface area (Å²) in [5.74, 6) is -0.926. The van der Waals surface area contributed by atoms with E-state index in [0.29, 0.717) is 5.02 Å². The summed E-state index contributed by atoms with van der Waals surface area (Å²) in [4.78, 5) is 14.2. The molecule has 0 aliphatic heterocycles. The lowest BCUT2D eigenvalue weighted by atomic mass is 10.0. The quantitative estimate of drug-likeness (QED) is 0.734. The number of aromatic amines is 1. The predicted molar refractivity (Wildman–Crippen MR) is 75.7 cm³/mol. The van der Waals surface area contributed by atoms with Gasteiger partial charge < -0.3 is 10.1 Å². The van der Waals surface area contributed by atoms with E-state index in [1.165, 1.54) is 0 Å². The molecule has 1 aromatic heterocycles. The van der Waals surface area contributed by atoms with Crippen LogP contribution < -0.4 is 0 Å². The molecule has 0 radical (unpaired) electrons. The molecule has 3 aromatic rings. The molecule has 0 fully saturated rings. The van der Waals surface area contributed by atoms with Crippen molar-refractivity contribution in [2.24, 2.45) is 0 Å². The minimum atomic E-state index is -0.926. The summed E-state index contributed by atoms with van der Waals surface area (Å²) in [5, 5.41) is 10.6. The van der Waals surface area contributed by atoms with Crippen molar-refractivity contribution in [3.63, 3.8) is 0 Å². The number of carboxylic acid groups (broad SMARTS) is 1. The van der Waals surface area contributed by atoms with Gasteiger partial charge in [-0.05, 0) is 35.9 Å². The Morgan fingerprint density at radius 2 is 1.84 bits per heavy atom. The van der Waals surface area contributed by atoms with Crippen LogP contribution in [0.4, 0.5) is 0 Å². The van der Waals surface area contributed by atoms with Crippen LogP contribution in [0.15, 0.2) is 48.7 Å². The number of hydrogen-bond acceptors (Lipinski definition) is 1. The molecule has 19 heavy (non-hydrogen) atoms. The fourth-order valence-electron chi connectivity index (χ4n) is 2.12. The first-order chi connectivity index (χ1) is 9.15. The number of carboxylic acids is 1. The standard InChI is InChI=1S/C15H10ClNO2/c16-11-4-1-9(2-5-11)13-8-17-14-6-3-10(15(18)19)7-12(13)14/h1-8,17H,(H,18,19). The van der Waals surface area contributed by atoms with Crippen molar-refractivity contribution in [2.75, 3.05) is 0 Å². The molecular weight excluding hydrogens is 262 g/mol. The molecule has 0 aliphatic rings. The maximum Gasteiger partial charge on any atom is 0.335 e. The Labute approximate surface area is 114 Å². The molecule has 2 aromatic carbocycles. The Bertz CT molecular complexity index is 759. The van der Waals surface area contributed by atoms with Gasteiger partial charge in [-0.2, -0.15) is 0 Å². The number of halogens is 1. The fourth-order valence-corrected chi connectivity index (χ4v) is 2.25. The van der Waals surface area contributed by atoms with E-state index in [1.54, 1.807) is 18.2 Å². The van der Waals surface area contributed by atoms with Crippen molar-refractivity contribution < 1.29 is 9.90 Å². The Balaban J connectivity index is 2.21. The molecular formula is C15H10ClNO2. The summed E-state index contributed by atoms with van der Waals surface area (Å²) in [7, 11) is 0. The van der Waals surface area contributed by atoms with Gasteiger partial charge >= 0.3 is 5.97 Å². The second kappa shape index (κ2) is 4.44. The summed E-state index contributed by atoms with van der Waals surface area (Å²) < 4.78 is 0. The minimum Gasteiger partial charge on any atom is -0.478 e. The lowest BCUT2D eigenvalue weighted by Gasteiger charge is -2.01. The molecule has 94 valence electrons. The number of fused-ring (bicyclic) bond motifs is 1. The largest absolute Gasteiger partial charge is 0.478 e. The first-order valence-corrected chi connectivity index (χ1v) is 6.13. The molecule has 0 saturated carbocycles. The molecule has 0 unspecified atom stereocenters. The highest BCUT2D eigenvalue weighted by Crippen LogP contribution is 2.30. The first kappa shape index (κ1) is 11.8. The third-order valence-electron chi connectivity index (χ3n) is 3.08. The van der Waals surface area contributed by atoms with Crippen LogP contribution in [0, 0.1) is 0 Å². The monoisotopic (exact) mass is 271 g/mol. The first-order valence-electron chi connectivity index (χ1n) is 5.75. The Morgan fingerprint density at radius 3 is 2.53 bits per heavy atom. The van der Waals surface area contributed by atoms with E-state index in [9.17, 15) is 4.79 Å². The minimum absolute atomic E-state index is 0.280. The van der Waals surface area contributed by atoms with E-state index >= 15 is 0 Å². The highest BCUT2D eigenvalue weighted by Gasteiger charge is 2.09. The van der Waals surface area contributed by atoms with Crippen LogP contribution in [0.3, 0.4) is 0 Å². The summed E-state index contributed by atoms with van der Waals surface area (Å²) in [5.41, 5.74) is 3.16. The maximum absolute atomic E-state index is 11.0. The number of rotatable bonds is 2. The number of aromatic carboxylic acids is 1. The van der Waals surface area contributed by atoms with Gasteiger partial charge in [0.05, 0.1) is 5.56 Å². The summed E-state index contributed by atoms with van der Waals surface area (Å²) >= 11 is 5.87. The Kier molecular flexibility index (Phi) is 2.76. The van der Waals surface area contributed by atoms with Gasteiger partial charge in [-0.15, -0.1) is 0 Å². The Morgan fingerprint density at radius 1 is 1.11 bits per heavy atom. The lowest BCUT2D eigenvalue weighted by molar-refractivity contribution is 0.0697. The van der Waals surface area contributed by atoms with Gasteiger partial charge in [0.2, 0.25) is 0 Å². The van der Waals surface area contributed by atoms with Crippen LogP contribution in [-0.4, -0.2) is 16.1 Å². The van der Waals surface area contributed by atoms with Crippen LogP contribution in [0.25, 0.3) is 22.0 Å². The second-order valence-corrected chi connectivity index (χ2v) is 4.71. The molecule has 2 N–H and O–H groups in total. The average Bonchev–Trinajstić information content (AvgIpc) is 2.82. The van der Waals surface area contributed by atoms with Crippen molar-refractivity contribution >= 4 is 28.5 Å². The second-order valence-electron chi connectivity index (χ2n) is 4.27. The number of hydrogen-bond donors (Lipinski definition) is 2. The average molecular weight is 272 g/mol. The molecule has 3 rings (SSSR count). The molecule has 0 atom stereocenters.